The minimum absolute atomic E-state index is 0.0349. The van der Waals surface area contributed by atoms with Crippen LogP contribution < -0.4 is 10.0 Å². The normalized spacial score (nSPS) is 11.0. The van der Waals surface area contributed by atoms with Crippen molar-refractivity contribution in [1.29, 1.82) is 0 Å². The smallest absolute Gasteiger partial charge is 0.261 e. The van der Waals surface area contributed by atoms with E-state index in [0.29, 0.717) is 16.5 Å². The summed E-state index contributed by atoms with van der Waals surface area (Å²) in [5, 5.41) is 3.06. The molecule has 0 atom stereocenters. The first-order valence-electron chi connectivity index (χ1n) is 7.96. The zero-order valence-corrected chi connectivity index (χ0v) is 15.9. The lowest BCUT2D eigenvalue weighted by Crippen LogP contribution is -2.16. The zero-order chi connectivity index (χ0) is 19.4. The molecule has 1 aromatic heterocycles. The van der Waals surface area contributed by atoms with Crippen molar-refractivity contribution in [2.75, 3.05) is 10.0 Å². The Bertz CT molecular complexity index is 1100. The van der Waals surface area contributed by atoms with Crippen LogP contribution in [0.15, 0.2) is 71.8 Å². The molecule has 27 heavy (non-hydrogen) atoms. The summed E-state index contributed by atoms with van der Waals surface area (Å²) >= 11 is 5.88. The number of hydrogen-bond acceptors (Lipinski definition) is 4. The minimum atomic E-state index is -3.87. The molecule has 0 radical (unpaired) electrons. The van der Waals surface area contributed by atoms with Crippen LogP contribution in [0.4, 0.5) is 11.5 Å². The van der Waals surface area contributed by atoms with Crippen molar-refractivity contribution in [1.82, 2.24) is 4.98 Å². The van der Waals surface area contributed by atoms with E-state index in [-0.39, 0.29) is 10.5 Å². The van der Waals surface area contributed by atoms with Gasteiger partial charge in [0.05, 0.1) is 10.6 Å². The summed E-state index contributed by atoms with van der Waals surface area (Å²) in [5.41, 5.74) is 1.48. The van der Waals surface area contributed by atoms with Gasteiger partial charge >= 0.3 is 0 Å². The first-order chi connectivity index (χ1) is 12.8. The quantitative estimate of drug-likeness (QED) is 0.673. The Morgan fingerprint density at radius 3 is 2.56 bits per heavy atom. The molecule has 1 heterocycles. The lowest BCUT2D eigenvalue weighted by molar-refractivity contribution is 0.102. The molecule has 0 spiro atoms. The number of hydrogen-bond donors (Lipinski definition) is 2. The third-order valence-electron chi connectivity index (χ3n) is 3.64. The molecule has 0 saturated carbocycles. The number of nitrogens with zero attached hydrogens (tertiary/aromatic N) is 1. The zero-order valence-electron chi connectivity index (χ0n) is 14.3. The molecule has 0 aliphatic heterocycles. The number of halogens is 1. The molecule has 3 aromatic rings. The summed E-state index contributed by atoms with van der Waals surface area (Å²) in [5.74, 6) is -0.0572. The number of sulfonamides is 1. The Morgan fingerprint density at radius 2 is 1.81 bits per heavy atom. The van der Waals surface area contributed by atoms with Gasteiger partial charge in [-0.05, 0) is 61.0 Å². The SMILES string of the molecule is Cc1ccnc(NC(=O)c2cccc(S(=O)(=O)Nc3cccc(Cl)c3)c2)c1. The predicted molar refractivity (Wildman–Crippen MR) is 106 cm³/mol. The Labute approximate surface area is 162 Å². The molecule has 2 aromatic carbocycles. The first-order valence-corrected chi connectivity index (χ1v) is 9.82. The number of nitrogens with one attached hydrogen (secondary N) is 2. The van der Waals surface area contributed by atoms with Crippen LogP contribution in [0.3, 0.4) is 0 Å². The van der Waals surface area contributed by atoms with Crippen LogP contribution in [0.25, 0.3) is 0 Å². The highest BCUT2D eigenvalue weighted by atomic mass is 35.5. The van der Waals surface area contributed by atoms with E-state index in [2.05, 4.69) is 15.0 Å². The van der Waals surface area contributed by atoms with E-state index in [9.17, 15) is 13.2 Å². The molecule has 138 valence electrons. The minimum Gasteiger partial charge on any atom is -0.307 e. The predicted octanol–water partition coefficient (Wildman–Crippen LogP) is 4.10. The molecule has 0 fully saturated rings. The summed E-state index contributed by atoms with van der Waals surface area (Å²) in [6.45, 7) is 1.88. The van der Waals surface area contributed by atoms with Gasteiger partial charge in [-0.15, -0.1) is 0 Å². The van der Waals surface area contributed by atoms with Gasteiger partial charge < -0.3 is 5.32 Å². The van der Waals surface area contributed by atoms with Crippen LogP contribution >= 0.6 is 11.6 Å². The van der Waals surface area contributed by atoms with E-state index in [1.54, 1.807) is 30.5 Å². The van der Waals surface area contributed by atoms with E-state index < -0.39 is 15.9 Å². The van der Waals surface area contributed by atoms with Crippen molar-refractivity contribution in [3.05, 3.63) is 83.0 Å². The van der Waals surface area contributed by atoms with Crippen LogP contribution in [-0.4, -0.2) is 19.3 Å². The third-order valence-corrected chi connectivity index (χ3v) is 5.25. The number of aryl methyl sites for hydroxylation is 1. The number of benzene rings is 2. The molecule has 0 bridgehead atoms. The molecule has 0 aliphatic rings. The Balaban J connectivity index is 1.82. The van der Waals surface area contributed by atoms with Gasteiger partial charge in [-0.3, -0.25) is 9.52 Å². The van der Waals surface area contributed by atoms with Crippen LogP contribution in [0, 0.1) is 6.92 Å². The van der Waals surface area contributed by atoms with E-state index in [4.69, 9.17) is 11.6 Å². The number of aromatic nitrogens is 1. The molecule has 1 amide bonds. The van der Waals surface area contributed by atoms with Gasteiger partial charge in [0, 0.05) is 16.8 Å². The van der Waals surface area contributed by atoms with Gasteiger partial charge in [0.1, 0.15) is 5.82 Å². The fraction of sp³-hybridized carbons (Fsp3) is 0.0526. The highest BCUT2D eigenvalue weighted by Crippen LogP contribution is 2.20. The second-order valence-corrected chi connectivity index (χ2v) is 7.94. The van der Waals surface area contributed by atoms with Gasteiger partial charge in [0.15, 0.2) is 0 Å². The maximum Gasteiger partial charge on any atom is 0.261 e. The van der Waals surface area contributed by atoms with E-state index >= 15 is 0 Å². The van der Waals surface area contributed by atoms with Crippen LogP contribution in [0.5, 0.6) is 0 Å². The average molecular weight is 402 g/mol. The van der Waals surface area contributed by atoms with Crippen molar-refractivity contribution in [3.8, 4) is 0 Å². The van der Waals surface area contributed by atoms with Crippen molar-refractivity contribution >= 4 is 39.0 Å². The van der Waals surface area contributed by atoms with Crippen LogP contribution in [0.2, 0.25) is 5.02 Å². The van der Waals surface area contributed by atoms with Gasteiger partial charge in [0.25, 0.3) is 15.9 Å². The highest BCUT2D eigenvalue weighted by molar-refractivity contribution is 7.92. The maximum absolute atomic E-state index is 12.6. The lowest BCUT2D eigenvalue weighted by Gasteiger charge is -2.10. The Kier molecular flexibility index (Phi) is 5.43. The summed E-state index contributed by atoms with van der Waals surface area (Å²) in [6, 6.07) is 15.6. The standard InChI is InChI=1S/C19H16ClN3O3S/c1-13-8-9-21-18(10-13)22-19(24)14-4-2-7-17(11-14)27(25,26)23-16-6-3-5-15(20)12-16/h2-12,23H,1H3,(H,21,22,24). The third kappa shape index (κ3) is 4.84. The average Bonchev–Trinajstić information content (AvgIpc) is 2.61. The fourth-order valence-electron chi connectivity index (χ4n) is 2.36. The number of amides is 1. The monoisotopic (exact) mass is 401 g/mol. The largest absolute Gasteiger partial charge is 0.307 e. The van der Waals surface area contributed by atoms with Crippen molar-refractivity contribution in [2.45, 2.75) is 11.8 Å². The number of carbonyl (C=O) groups excluding carboxylic acids is 1. The molecule has 2 N–H and O–H groups in total. The molecule has 8 heteroatoms. The van der Waals surface area contributed by atoms with E-state index in [1.807, 2.05) is 13.0 Å². The van der Waals surface area contributed by atoms with E-state index in [0.717, 1.165) is 5.56 Å². The van der Waals surface area contributed by atoms with Crippen molar-refractivity contribution in [3.63, 3.8) is 0 Å². The topological polar surface area (TPSA) is 88.2 Å². The Hall–Kier alpha value is -2.90. The number of anilines is 2. The molecule has 3 rings (SSSR count). The molecule has 0 saturated heterocycles. The highest BCUT2D eigenvalue weighted by Gasteiger charge is 2.17. The maximum atomic E-state index is 12.6. The van der Waals surface area contributed by atoms with Gasteiger partial charge in [0.2, 0.25) is 0 Å². The number of carbonyl (C=O) groups is 1. The van der Waals surface area contributed by atoms with Crippen molar-refractivity contribution < 1.29 is 13.2 Å². The summed E-state index contributed by atoms with van der Waals surface area (Å²) in [4.78, 5) is 16.5. The number of pyridine rings is 1. The first kappa shape index (κ1) is 18.9. The second kappa shape index (κ2) is 7.77. The van der Waals surface area contributed by atoms with Crippen LogP contribution in [-0.2, 0) is 10.0 Å². The Morgan fingerprint density at radius 1 is 1.04 bits per heavy atom. The van der Waals surface area contributed by atoms with Crippen LogP contribution in [0.1, 0.15) is 15.9 Å². The van der Waals surface area contributed by atoms with Gasteiger partial charge in [-0.2, -0.15) is 0 Å². The molecular formula is C19H16ClN3O3S. The summed E-state index contributed by atoms with van der Waals surface area (Å²) < 4.78 is 27.6. The van der Waals surface area contributed by atoms with E-state index in [1.165, 1.54) is 30.3 Å². The molecule has 6 nitrogen and oxygen atoms in total. The molecule has 0 unspecified atom stereocenters. The van der Waals surface area contributed by atoms with Gasteiger partial charge in [-0.1, -0.05) is 23.7 Å². The molecular weight excluding hydrogens is 386 g/mol. The van der Waals surface area contributed by atoms with Gasteiger partial charge in [-0.25, -0.2) is 13.4 Å². The summed E-state index contributed by atoms with van der Waals surface area (Å²) in [6.07, 6.45) is 1.58. The number of rotatable bonds is 5. The molecule has 0 aliphatic carbocycles. The fourth-order valence-corrected chi connectivity index (χ4v) is 3.65. The summed E-state index contributed by atoms with van der Waals surface area (Å²) in [7, 11) is -3.87. The van der Waals surface area contributed by atoms with Crippen molar-refractivity contribution in [2.24, 2.45) is 0 Å². The second-order valence-electron chi connectivity index (χ2n) is 5.82. The lowest BCUT2D eigenvalue weighted by atomic mass is 10.2.